The summed E-state index contributed by atoms with van der Waals surface area (Å²) >= 11 is 5.96. The number of halogens is 1. The van der Waals surface area contributed by atoms with Crippen LogP contribution in [-0.2, 0) is 0 Å². The highest BCUT2D eigenvalue weighted by molar-refractivity contribution is 6.31. The van der Waals surface area contributed by atoms with Crippen molar-refractivity contribution in [3.63, 3.8) is 0 Å². The van der Waals surface area contributed by atoms with Crippen molar-refractivity contribution in [3.05, 3.63) is 64.9 Å². The molecule has 1 unspecified atom stereocenters. The van der Waals surface area contributed by atoms with E-state index in [0.717, 1.165) is 16.7 Å². The zero-order chi connectivity index (χ0) is 14.8. The molecular formula is C17H15ClO3. The molecule has 1 N–H and O–H groups in total. The average molecular weight is 303 g/mol. The Balaban J connectivity index is 1.95. The molecule has 0 aliphatic heterocycles. The van der Waals surface area contributed by atoms with Gasteiger partial charge in [-0.2, -0.15) is 0 Å². The number of fused-ring (bicyclic) bond motifs is 1. The van der Waals surface area contributed by atoms with Crippen molar-refractivity contribution in [1.82, 2.24) is 0 Å². The molecule has 3 rings (SSSR count). The molecule has 0 fully saturated rings. The maximum atomic E-state index is 10.5. The van der Waals surface area contributed by atoms with Gasteiger partial charge in [-0.15, -0.1) is 0 Å². The van der Waals surface area contributed by atoms with Crippen LogP contribution >= 0.6 is 11.6 Å². The van der Waals surface area contributed by atoms with Crippen molar-refractivity contribution in [2.45, 2.75) is 13.0 Å². The Morgan fingerprint density at radius 2 is 2.05 bits per heavy atom. The van der Waals surface area contributed by atoms with Crippen molar-refractivity contribution in [2.75, 3.05) is 6.61 Å². The van der Waals surface area contributed by atoms with Crippen LogP contribution in [0.5, 0.6) is 5.75 Å². The molecule has 0 spiro atoms. The highest BCUT2D eigenvalue weighted by Crippen LogP contribution is 2.30. The van der Waals surface area contributed by atoms with Crippen LogP contribution in [-0.4, -0.2) is 11.7 Å². The van der Waals surface area contributed by atoms with E-state index in [9.17, 15) is 5.11 Å². The molecule has 0 radical (unpaired) electrons. The minimum atomic E-state index is -0.836. The average Bonchev–Trinajstić information content (AvgIpc) is 2.90. The van der Waals surface area contributed by atoms with Crippen LogP contribution in [0.1, 0.15) is 24.4 Å². The fourth-order valence-electron chi connectivity index (χ4n) is 2.27. The van der Waals surface area contributed by atoms with Crippen molar-refractivity contribution < 1.29 is 14.3 Å². The third-order valence-electron chi connectivity index (χ3n) is 3.25. The SMILES string of the molecule is CCOc1cccc(C(O)c2cc3cc(Cl)ccc3o2)c1. The molecule has 3 aromatic rings. The van der Waals surface area contributed by atoms with Crippen molar-refractivity contribution >= 4 is 22.6 Å². The van der Waals surface area contributed by atoms with Gasteiger partial charge < -0.3 is 14.3 Å². The van der Waals surface area contributed by atoms with Gasteiger partial charge in [0.2, 0.25) is 0 Å². The van der Waals surface area contributed by atoms with Gasteiger partial charge in [0.15, 0.2) is 0 Å². The Labute approximate surface area is 127 Å². The molecule has 1 heterocycles. The first-order valence-corrected chi connectivity index (χ1v) is 7.15. The standard InChI is InChI=1S/C17H15ClO3/c1-2-20-14-5-3-4-11(9-14)17(19)16-10-12-8-13(18)6-7-15(12)21-16/h3-10,17,19H,2H2,1H3. The topological polar surface area (TPSA) is 42.6 Å². The van der Waals surface area contributed by atoms with Gasteiger partial charge >= 0.3 is 0 Å². The van der Waals surface area contributed by atoms with Gasteiger partial charge in [-0.1, -0.05) is 23.7 Å². The summed E-state index contributed by atoms with van der Waals surface area (Å²) in [5, 5.41) is 12.0. The predicted molar refractivity (Wildman–Crippen MR) is 82.9 cm³/mol. The Morgan fingerprint density at radius 3 is 2.86 bits per heavy atom. The van der Waals surface area contributed by atoms with E-state index in [1.165, 1.54) is 0 Å². The lowest BCUT2D eigenvalue weighted by atomic mass is 10.1. The van der Waals surface area contributed by atoms with Crippen LogP contribution < -0.4 is 4.74 Å². The first-order chi connectivity index (χ1) is 10.2. The molecular weight excluding hydrogens is 288 g/mol. The molecule has 0 saturated heterocycles. The number of furan rings is 1. The Morgan fingerprint density at radius 1 is 1.19 bits per heavy atom. The minimum absolute atomic E-state index is 0.487. The van der Waals surface area contributed by atoms with Crippen LogP contribution in [0.15, 0.2) is 52.9 Å². The van der Waals surface area contributed by atoms with Gasteiger partial charge in [-0.3, -0.25) is 0 Å². The number of hydrogen-bond acceptors (Lipinski definition) is 3. The maximum Gasteiger partial charge on any atom is 0.138 e. The molecule has 108 valence electrons. The predicted octanol–water partition coefficient (Wildman–Crippen LogP) is 4.57. The molecule has 0 amide bonds. The van der Waals surface area contributed by atoms with Crippen LogP contribution in [0.3, 0.4) is 0 Å². The Kier molecular flexibility index (Phi) is 3.86. The molecule has 3 nitrogen and oxygen atoms in total. The smallest absolute Gasteiger partial charge is 0.138 e. The van der Waals surface area contributed by atoms with E-state index < -0.39 is 6.10 Å². The third kappa shape index (κ3) is 2.89. The van der Waals surface area contributed by atoms with Gasteiger partial charge in [-0.05, 0) is 48.9 Å². The lowest BCUT2D eigenvalue weighted by molar-refractivity contribution is 0.191. The minimum Gasteiger partial charge on any atom is -0.494 e. The van der Waals surface area contributed by atoms with E-state index in [2.05, 4.69) is 0 Å². The second-order valence-electron chi connectivity index (χ2n) is 4.74. The summed E-state index contributed by atoms with van der Waals surface area (Å²) in [5.74, 6) is 1.22. The molecule has 0 aliphatic rings. The molecule has 0 aliphatic carbocycles. The van der Waals surface area contributed by atoms with Gasteiger partial charge in [-0.25, -0.2) is 0 Å². The summed E-state index contributed by atoms with van der Waals surface area (Å²) in [6.45, 7) is 2.51. The van der Waals surface area contributed by atoms with Crippen molar-refractivity contribution in [1.29, 1.82) is 0 Å². The number of ether oxygens (including phenoxy) is 1. The molecule has 0 bridgehead atoms. The first kappa shape index (κ1) is 14.0. The van der Waals surface area contributed by atoms with E-state index in [1.54, 1.807) is 18.2 Å². The van der Waals surface area contributed by atoms with Crippen molar-refractivity contribution in [2.24, 2.45) is 0 Å². The summed E-state index contributed by atoms with van der Waals surface area (Å²) in [4.78, 5) is 0. The highest BCUT2D eigenvalue weighted by Gasteiger charge is 2.16. The van der Waals surface area contributed by atoms with E-state index in [0.29, 0.717) is 23.0 Å². The van der Waals surface area contributed by atoms with E-state index >= 15 is 0 Å². The van der Waals surface area contributed by atoms with Crippen LogP contribution in [0, 0.1) is 0 Å². The van der Waals surface area contributed by atoms with E-state index in [-0.39, 0.29) is 0 Å². The zero-order valence-corrected chi connectivity index (χ0v) is 12.3. The Hall–Kier alpha value is -1.97. The summed E-state index contributed by atoms with van der Waals surface area (Å²) in [6, 6.07) is 14.5. The largest absolute Gasteiger partial charge is 0.494 e. The van der Waals surface area contributed by atoms with E-state index in [1.807, 2.05) is 37.3 Å². The molecule has 1 atom stereocenters. The van der Waals surface area contributed by atoms with Crippen LogP contribution in [0.2, 0.25) is 5.02 Å². The maximum absolute atomic E-state index is 10.5. The highest BCUT2D eigenvalue weighted by atomic mass is 35.5. The normalized spacial score (nSPS) is 12.5. The van der Waals surface area contributed by atoms with Gasteiger partial charge in [0.1, 0.15) is 23.2 Å². The molecule has 1 aromatic heterocycles. The molecule has 4 heteroatoms. The number of benzene rings is 2. The van der Waals surface area contributed by atoms with Crippen molar-refractivity contribution in [3.8, 4) is 5.75 Å². The number of hydrogen-bond donors (Lipinski definition) is 1. The molecule has 2 aromatic carbocycles. The first-order valence-electron chi connectivity index (χ1n) is 6.77. The summed E-state index contributed by atoms with van der Waals surface area (Å²) in [5.41, 5.74) is 1.43. The fraction of sp³-hybridized carbons (Fsp3) is 0.176. The number of aliphatic hydroxyl groups is 1. The monoisotopic (exact) mass is 302 g/mol. The third-order valence-corrected chi connectivity index (χ3v) is 3.49. The van der Waals surface area contributed by atoms with E-state index in [4.69, 9.17) is 20.8 Å². The second kappa shape index (κ2) is 5.80. The second-order valence-corrected chi connectivity index (χ2v) is 5.18. The lowest BCUT2D eigenvalue weighted by Crippen LogP contribution is -1.99. The summed E-state index contributed by atoms with van der Waals surface area (Å²) in [7, 11) is 0. The zero-order valence-electron chi connectivity index (χ0n) is 11.5. The number of rotatable bonds is 4. The van der Waals surface area contributed by atoms with Gasteiger partial charge in [0, 0.05) is 10.4 Å². The van der Waals surface area contributed by atoms with Crippen LogP contribution in [0.25, 0.3) is 11.0 Å². The van der Waals surface area contributed by atoms with Gasteiger partial charge in [0.05, 0.1) is 6.61 Å². The van der Waals surface area contributed by atoms with Crippen LogP contribution in [0.4, 0.5) is 0 Å². The summed E-state index contributed by atoms with van der Waals surface area (Å²) in [6.07, 6.45) is -0.836. The Bertz CT molecular complexity index is 764. The quantitative estimate of drug-likeness (QED) is 0.768. The fourth-order valence-corrected chi connectivity index (χ4v) is 2.46. The molecule has 21 heavy (non-hydrogen) atoms. The van der Waals surface area contributed by atoms with Gasteiger partial charge in [0.25, 0.3) is 0 Å². The number of aliphatic hydroxyl groups excluding tert-OH is 1. The summed E-state index contributed by atoms with van der Waals surface area (Å²) < 4.78 is 11.1. The lowest BCUT2D eigenvalue weighted by Gasteiger charge is -2.10. The molecule has 0 saturated carbocycles.